The van der Waals surface area contributed by atoms with Crippen LogP contribution in [0.15, 0.2) is 11.4 Å². The van der Waals surface area contributed by atoms with Crippen LogP contribution in [0.25, 0.3) is 11.4 Å². The van der Waals surface area contributed by atoms with E-state index in [1.165, 1.54) is 24.1 Å². The van der Waals surface area contributed by atoms with Gasteiger partial charge in [-0.25, -0.2) is 5.10 Å². The maximum absolute atomic E-state index is 3.94. The van der Waals surface area contributed by atoms with Crippen molar-refractivity contribution in [2.24, 2.45) is 0 Å². The zero-order valence-electron chi connectivity index (χ0n) is 8.73. The zero-order valence-corrected chi connectivity index (χ0v) is 9.55. The summed E-state index contributed by atoms with van der Waals surface area (Å²) in [4.78, 5) is 1.38. The molecule has 2 rings (SSSR count). The van der Waals surface area contributed by atoms with Gasteiger partial charge in [-0.05, 0) is 34.7 Å². The van der Waals surface area contributed by atoms with Crippen molar-refractivity contribution in [2.75, 3.05) is 0 Å². The fraction of sp³-hybridized carbons (Fsp3) is 0.500. The first kappa shape index (κ1) is 10.3. The van der Waals surface area contributed by atoms with Crippen molar-refractivity contribution in [3.05, 3.63) is 16.3 Å². The quantitative estimate of drug-likeness (QED) is 0.791. The number of aromatic amines is 1. The van der Waals surface area contributed by atoms with Gasteiger partial charge in [0.15, 0.2) is 5.82 Å². The third-order valence-electron chi connectivity index (χ3n) is 2.35. The fourth-order valence-corrected chi connectivity index (χ4v) is 2.48. The molecule has 15 heavy (non-hydrogen) atoms. The number of nitrogens with one attached hydrogen (secondary N) is 1. The number of hydrogen-bond donors (Lipinski definition) is 1. The lowest BCUT2D eigenvalue weighted by molar-refractivity contribution is 0.723. The Hall–Kier alpha value is -1.23. The molecule has 0 spiro atoms. The number of H-pyrrole nitrogens is 1. The summed E-state index contributed by atoms with van der Waals surface area (Å²) in [7, 11) is 0. The van der Waals surface area contributed by atoms with E-state index in [0.717, 1.165) is 17.8 Å². The van der Waals surface area contributed by atoms with Crippen molar-refractivity contribution >= 4 is 11.3 Å². The monoisotopic (exact) mass is 222 g/mol. The molecule has 0 unspecified atom stereocenters. The van der Waals surface area contributed by atoms with Crippen molar-refractivity contribution < 1.29 is 0 Å². The highest BCUT2D eigenvalue weighted by molar-refractivity contribution is 7.10. The minimum Gasteiger partial charge on any atom is -0.239 e. The molecule has 5 heteroatoms. The van der Waals surface area contributed by atoms with Crippen molar-refractivity contribution in [1.82, 2.24) is 20.6 Å². The van der Waals surface area contributed by atoms with Crippen LogP contribution in [0.2, 0.25) is 0 Å². The van der Waals surface area contributed by atoms with Crippen LogP contribution in [0, 0.1) is 0 Å². The molecule has 0 radical (unpaired) electrons. The molecule has 80 valence electrons. The van der Waals surface area contributed by atoms with Crippen LogP contribution in [0.3, 0.4) is 0 Å². The summed E-state index contributed by atoms with van der Waals surface area (Å²) in [5.41, 5.74) is 1.15. The van der Waals surface area contributed by atoms with E-state index in [-0.39, 0.29) is 0 Å². The Kier molecular flexibility index (Phi) is 3.45. The van der Waals surface area contributed by atoms with E-state index < -0.39 is 0 Å². The van der Waals surface area contributed by atoms with Gasteiger partial charge < -0.3 is 0 Å². The van der Waals surface area contributed by atoms with Crippen molar-refractivity contribution in [3.63, 3.8) is 0 Å². The van der Waals surface area contributed by atoms with E-state index in [1.807, 2.05) is 0 Å². The van der Waals surface area contributed by atoms with Crippen LogP contribution in [0.4, 0.5) is 0 Å². The van der Waals surface area contributed by atoms with Gasteiger partial charge in [-0.3, -0.25) is 0 Å². The van der Waals surface area contributed by atoms with E-state index in [1.54, 1.807) is 11.3 Å². The highest BCUT2D eigenvalue weighted by Crippen LogP contribution is 2.26. The van der Waals surface area contributed by atoms with Crippen LogP contribution in [0.5, 0.6) is 0 Å². The molecule has 0 atom stereocenters. The molecule has 4 nitrogen and oxygen atoms in total. The van der Waals surface area contributed by atoms with Crippen LogP contribution >= 0.6 is 11.3 Å². The Morgan fingerprint density at radius 3 is 3.07 bits per heavy atom. The largest absolute Gasteiger partial charge is 0.239 e. The van der Waals surface area contributed by atoms with Gasteiger partial charge in [0.05, 0.1) is 0 Å². The second-order valence-electron chi connectivity index (χ2n) is 3.46. The minimum absolute atomic E-state index is 0.780. The van der Waals surface area contributed by atoms with Crippen LogP contribution in [0.1, 0.15) is 31.1 Å². The van der Waals surface area contributed by atoms with Crippen LogP contribution in [-0.2, 0) is 6.42 Å². The number of nitrogens with zero attached hydrogens (tertiary/aromatic N) is 3. The molecule has 0 aliphatic rings. The van der Waals surface area contributed by atoms with E-state index in [4.69, 9.17) is 0 Å². The van der Waals surface area contributed by atoms with E-state index in [0.29, 0.717) is 0 Å². The van der Waals surface area contributed by atoms with Gasteiger partial charge in [0.25, 0.3) is 0 Å². The topological polar surface area (TPSA) is 54.5 Å². The number of aromatic nitrogens is 4. The Bertz CT molecular complexity index is 393. The smallest absolute Gasteiger partial charge is 0.180 e. The molecule has 2 aromatic rings. The lowest BCUT2D eigenvalue weighted by atomic mass is 10.1. The Morgan fingerprint density at radius 1 is 1.40 bits per heavy atom. The molecule has 0 aliphatic heterocycles. The van der Waals surface area contributed by atoms with Crippen molar-refractivity contribution in [3.8, 4) is 11.4 Å². The van der Waals surface area contributed by atoms with Gasteiger partial charge in [0.1, 0.15) is 0 Å². The van der Waals surface area contributed by atoms with Gasteiger partial charge >= 0.3 is 0 Å². The summed E-state index contributed by atoms with van der Waals surface area (Å²) in [5, 5.41) is 16.0. The summed E-state index contributed by atoms with van der Waals surface area (Å²) in [6.07, 6.45) is 4.91. The molecule has 1 N–H and O–H groups in total. The molecule has 0 aliphatic carbocycles. The van der Waals surface area contributed by atoms with Crippen LogP contribution < -0.4 is 0 Å². The van der Waals surface area contributed by atoms with E-state index >= 15 is 0 Å². The molecule has 0 saturated heterocycles. The van der Waals surface area contributed by atoms with Gasteiger partial charge in [-0.2, -0.15) is 0 Å². The summed E-state index contributed by atoms with van der Waals surface area (Å²) in [6.45, 7) is 2.22. The Labute approximate surface area is 92.7 Å². The molecule has 2 heterocycles. The molecule has 0 saturated carbocycles. The van der Waals surface area contributed by atoms with Crippen molar-refractivity contribution in [2.45, 2.75) is 32.6 Å². The maximum Gasteiger partial charge on any atom is 0.180 e. The third kappa shape index (κ3) is 2.41. The Balaban J connectivity index is 2.09. The minimum atomic E-state index is 0.780. The van der Waals surface area contributed by atoms with Gasteiger partial charge in [-0.15, -0.1) is 16.4 Å². The predicted molar refractivity (Wildman–Crippen MR) is 60.7 cm³/mol. The maximum atomic E-state index is 3.94. The standard InChI is InChI=1S/C10H14N4S/c1-2-3-4-5-9-8(6-7-15-9)10-11-13-14-12-10/h6-7H,2-5H2,1H3,(H,11,12,13,14). The summed E-state index contributed by atoms with van der Waals surface area (Å²) in [5.74, 6) is 0.780. The third-order valence-corrected chi connectivity index (χ3v) is 3.33. The number of aryl methyl sites for hydroxylation is 1. The number of hydrogen-bond acceptors (Lipinski definition) is 4. The molecule has 0 amide bonds. The molecular weight excluding hydrogens is 208 g/mol. The first-order valence-corrected chi connectivity index (χ1v) is 6.10. The lowest BCUT2D eigenvalue weighted by Gasteiger charge is -1.99. The molecule has 0 aromatic carbocycles. The molecule has 0 fully saturated rings. The average molecular weight is 222 g/mol. The second-order valence-corrected chi connectivity index (χ2v) is 4.47. The van der Waals surface area contributed by atoms with E-state index in [9.17, 15) is 0 Å². The normalized spacial score (nSPS) is 10.7. The number of tetrazole rings is 1. The predicted octanol–water partition coefficient (Wildman–Crippen LogP) is 2.66. The fourth-order valence-electron chi connectivity index (χ4n) is 1.55. The summed E-state index contributed by atoms with van der Waals surface area (Å²) < 4.78 is 0. The SMILES string of the molecule is CCCCCc1sccc1-c1nnn[nH]1. The zero-order chi connectivity index (χ0) is 10.5. The first-order valence-electron chi connectivity index (χ1n) is 5.22. The number of unbranched alkanes of at least 4 members (excludes halogenated alkanes) is 2. The highest BCUT2D eigenvalue weighted by Gasteiger charge is 2.09. The van der Waals surface area contributed by atoms with Gasteiger partial charge in [-0.1, -0.05) is 19.8 Å². The summed E-state index contributed by atoms with van der Waals surface area (Å²) in [6, 6.07) is 2.08. The average Bonchev–Trinajstić information content (AvgIpc) is 2.87. The van der Waals surface area contributed by atoms with Gasteiger partial charge in [0.2, 0.25) is 0 Å². The number of thiophene rings is 1. The second kappa shape index (κ2) is 5.02. The van der Waals surface area contributed by atoms with E-state index in [2.05, 4.69) is 39.0 Å². The molecule has 2 aromatic heterocycles. The number of rotatable bonds is 5. The van der Waals surface area contributed by atoms with Crippen LogP contribution in [-0.4, -0.2) is 20.6 Å². The first-order chi connectivity index (χ1) is 7.42. The molecule has 0 bridgehead atoms. The Morgan fingerprint density at radius 2 is 2.33 bits per heavy atom. The van der Waals surface area contributed by atoms with Crippen molar-refractivity contribution in [1.29, 1.82) is 0 Å². The lowest BCUT2D eigenvalue weighted by Crippen LogP contribution is -1.86. The highest BCUT2D eigenvalue weighted by atomic mass is 32.1. The van der Waals surface area contributed by atoms with Gasteiger partial charge in [0, 0.05) is 10.4 Å². The molecular formula is C10H14N4S. The summed E-state index contributed by atoms with van der Waals surface area (Å²) >= 11 is 1.78.